The number of carbonyl (C=O) groups is 1. The molecule has 0 radical (unpaired) electrons. The molecule has 7 nitrogen and oxygen atoms in total. The number of nitrogens with zero attached hydrogens (tertiary/aromatic N) is 2. The van der Waals surface area contributed by atoms with E-state index in [4.69, 9.17) is 37.4 Å². The van der Waals surface area contributed by atoms with Crippen LogP contribution in [-0.4, -0.2) is 30.4 Å². The molecular formula is C28H26Cl2N2O5S. The van der Waals surface area contributed by atoms with Crippen LogP contribution in [0, 0.1) is 0 Å². The molecule has 0 bridgehead atoms. The first-order chi connectivity index (χ1) is 18.3. The van der Waals surface area contributed by atoms with E-state index >= 15 is 0 Å². The summed E-state index contributed by atoms with van der Waals surface area (Å²) in [6.45, 7) is 9.98. The maximum Gasteiger partial charge on any atom is 0.338 e. The zero-order valence-electron chi connectivity index (χ0n) is 21.1. The van der Waals surface area contributed by atoms with Gasteiger partial charge in [0.2, 0.25) is 0 Å². The van der Waals surface area contributed by atoms with Crippen LogP contribution in [0.3, 0.4) is 0 Å². The van der Waals surface area contributed by atoms with E-state index in [9.17, 15) is 9.59 Å². The van der Waals surface area contributed by atoms with Gasteiger partial charge in [0.1, 0.15) is 12.4 Å². The molecule has 1 aliphatic heterocycles. The highest BCUT2D eigenvalue weighted by Gasteiger charge is 2.33. The highest BCUT2D eigenvalue weighted by Crippen LogP contribution is 2.35. The number of hydrogen-bond acceptors (Lipinski definition) is 7. The van der Waals surface area contributed by atoms with Crippen molar-refractivity contribution in [2.45, 2.75) is 26.8 Å². The molecule has 1 atom stereocenters. The summed E-state index contributed by atoms with van der Waals surface area (Å²) in [6, 6.07) is 9.93. The van der Waals surface area contributed by atoms with Crippen molar-refractivity contribution >= 4 is 46.6 Å². The number of halogens is 2. The average Bonchev–Trinajstić information content (AvgIpc) is 3.17. The summed E-state index contributed by atoms with van der Waals surface area (Å²) in [5.41, 5.74) is 1.85. The molecule has 2 heterocycles. The number of esters is 1. The Kier molecular flexibility index (Phi) is 8.76. The minimum atomic E-state index is -0.718. The molecule has 0 aliphatic carbocycles. The van der Waals surface area contributed by atoms with Gasteiger partial charge in [0.25, 0.3) is 5.56 Å². The number of hydrogen-bond donors (Lipinski definition) is 0. The summed E-state index contributed by atoms with van der Waals surface area (Å²) in [7, 11) is 0. The number of fused-ring (bicyclic) bond motifs is 1. The molecule has 0 N–H and O–H groups in total. The largest absolute Gasteiger partial charge is 0.494 e. The van der Waals surface area contributed by atoms with E-state index in [1.807, 2.05) is 31.2 Å². The Hall–Kier alpha value is -3.33. The SMILES string of the molecule is C=CCOc1c(Cl)cc(/C=c2\sc3n(c2=O)C(c2ccc(OCC)cc2)C(C(=O)OCC)=C(C)N=3)cc1Cl. The van der Waals surface area contributed by atoms with Crippen LogP contribution in [-0.2, 0) is 9.53 Å². The van der Waals surface area contributed by atoms with Crippen LogP contribution < -0.4 is 24.4 Å². The Morgan fingerprint density at radius 3 is 2.42 bits per heavy atom. The van der Waals surface area contributed by atoms with Crippen molar-refractivity contribution in [3.8, 4) is 11.5 Å². The van der Waals surface area contributed by atoms with Gasteiger partial charge in [-0.05, 0) is 62.2 Å². The predicted octanol–water partition coefficient (Wildman–Crippen LogP) is 5.07. The van der Waals surface area contributed by atoms with Crippen molar-refractivity contribution in [2.24, 2.45) is 4.99 Å². The molecule has 0 spiro atoms. The maximum atomic E-state index is 13.8. The highest BCUT2D eigenvalue weighted by atomic mass is 35.5. The van der Waals surface area contributed by atoms with Crippen molar-refractivity contribution in [2.75, 3.05) is 19.8 Å². The van der Waals surface area contributed by atoms with E-state index in [1.54, 1.807) is 38.1 Å². The topological polar surface area (TPSA) is 79.1 Å². The molecular weight excluding hydrogens is 547 g/mol. The van der Waals surface area contributed by atoms with Crippen LogP contribution in [0.5, 0.6) is 11.5 Å². The van der Waals surface area contributed by atoms with E-state index in [0.717, 1.165) is 5.56 Å². The Balaban J connectivity index is 1.87. The number of carbonyl (C=O) groups excluding carboxylic acids is 1. The lowest BCUT2D eigenvalue weighted by Crippen LogP contribution is -2.39. The lowest BCUT2D eigenvalue weighted by molar-refractivity contribution is -0.139. The van der Waals surface area contributed by atoms with E-state index in [-0.39, 0.29) is 18.8 Å². The van der Waals surface area contributed by atoms with Gasteiger partial charge in [0, 0.05) is 0 Å². The third-order valence-electron chi connectivity index (χ3n) is 5.69. The van der Waals surface area contributed by atoms with Crippen molar-refractivity contribution < 1.29 is 19.0 Å². The fourth-order valence-electron chi connectivity index (χ4n) is 4.11. The van der Waals surface area contributed by atoms with E-state index < -0.39 is 12.0 Å². The minimum Gasteiger partial charge on any atom is -0.494 e. The zero-order valence-corrected chi connectivity index (χ0v) is 23.5. The summed E-state index contributed by atoms with van der Waals surface area (Å²) in [5.74, 6) is 0.518. The predicted molar refractivity (Wildman–Crippen MR) is 150 cm³/mol. The normalized spacial score (nSPS) is 15.1. The fourth-order valence-corrected chi connectivity index (χ4v) is 5.77. The number of allylic oxidation sites excluding steroid dienone is 1. The average molecular weight is 573 g/mol. The molecule has 1 aliphatic rings. The lowest BCUT2D eigenvalue weighted by Gasteiger charge is -2.24. The van der Waals surface area contributed by atoms with Crippen LogP contribution in [0.2, 0.25) is 10.0 Å². The van der Waals surface area contributed by atoms with E-state index in [0.29, 0.717) is 54.3 Å². The first-order valence-electron chi connectivity index (χ1n) is 11.9. The molecule has 3 aromatic rings. The fraction of sp³-hybridized carbons (Fsp3) is 0.250. The first-order valence-corrected chi connectivity index (χ1v) is 13.5. The van der Waals surface area contributed by atoms with E-state index in [1.165, 1.54) is 15.9 Å². The molecule has 2 aromatic carbocycles. The number of ether oxygens (including phenoxy) is 3. The minimum absolute atomic E-state index is 0.198. The van der Waals surface area contributed by atoms with Crippen LogP contribution in [0.15, 0.2) is 70.1 Å². The maximum absolute atomic E-state index is 13.8. The smallest absolute Gasteiger partial charge is 0.338 e. The number of thiazole rings is 1. The second-order valence-electron chi connectivity index (χ2n) is 8.22. The highest BCUT2D eigenvalue weighted by molar-refractivity contribution is 7.07. The zero-order chi connectivity index (χ0) is 27.4. The summed E-state index contributed by atoms with van der Waals surface area (Å²) >= 11 is 14.0. The van der Waals surface area contributed by atoms with Crippen LogP contribution >= 0.6 is 34.5 Å². The van der Waals surface area contributed by atoms with Gasteiger partial charge in [-0.2, -0.15) is 0 Å². The molecule has 0 fully saturated rings. The Morgan fingerprint density at radius 1 is 1.13 bits per heavy atom. The quantitative estimate of drug-likeness (QED) is 0.264. The van der Waals surface area contributed by atoms with Gasteiger partial charge in [0.15, 0.2) is 10.6 Å². The van der Waals surface area contributed by atoms with Crippen molar-refractivity contribution in [1.82, 2.24) is 4.57 Å². The van der Waals surface area contributed by atoms with Gasteiger partial charge >= 0.3 is 5.97 Å². The molecule has 198 valence electrons. The van der Waals surface area contributed by atoms with Gasteiger partial charge in [0.05, 0.1) is 45.1 Å². The second kappa shape index (κ2) is 12.0. The number of rotatable bonds is 9. The van der Waals surface area contributed by atoms with Crippen molar-refractivity contribution in [1.29, 1.82) is 0 Å². The Morgan fingerprint density at radius 2 is 1.82 bits per heavy atom. The molecule has 0 saturated heterocycles. The Bertz CT molecular complexity index is 1570. The number of benzene rings is 2. The first kappa shape index (κ1) is 27.7. The molecule has 0 amide bonds. The van der Waals surface area contributed by atoms with Gasteiger partial charge in [-0.15, -0.1) is 0 Å². The van der Waals surface area contributed by atoms with Gasteiger partial charge < -0.3 is 14.2 Å². The lowest BCUT2D eigenvalue weighted by atomic mass is 9.96. The summed E-state index contributed by atoms with van der Waals surface area (Å²) in [4.78, 5) is 31.9. The molecule has 10 heteroatoms. The second-order valence-corrected chi connectivity index (χ2v) is 10.0. The van der Waals surface area contributed by atoms with Crippen molar-refractivity contribution in [3.63, 3.8) is 0 Å². The molecule has 1 unspecified atom stereocenters. The molecule has 0 saturated carbocycles. The third kappa shape index (κ3) is 5.57. The van der Waals surface area contributed by atoms with Gasteiger partial charge in [-0.3, -0.25) is 9.36 Å². The van der Waals surface area contributed by atoms with Crippen LogP contribution in [0.1, 0.15) is 37.9 Å². The standard InChI is InChI=1S/C28H26Cl2N2O5S/c1-5-12-37-25-20(29)13-17(14-21(25)30)15-22-26(33)32-24(18-8-10-19(11-9-18)35-6-2)23(27(34)36-7-3)16(4)31-28(32)38-22/h5,8-11,13-15,24H,1,6-7,12H2,2-4H3/b22-15-. The van der Waals surface area contributed by atoms with Crippen molar-refractivity contribution in [3.05, 3.63) is 101 Å². The van der Waals surface area contributed by atoms with Gasteiger partial charge in [-0.1, -0.05) is 59.3 Å². The Labute approximate surface area is 233 Å². The number of aromatic nitrogens is 1. The monoisotopic (exact) mass is 572 g/mol. The van der Waals surface area contributed by atoms with Crippen LogP contribution in [0.25, 0.3) is 6.08 Å². The summed E-state index contributed by atoms with van der Waals surface area (Å²) in [5, 5.41) is 0.622. The third-order valence-corrected chi connectivity index (χ3v) is 7.23. The van der Waals surface area contributed by atoms with Crippen LogP contribution in [0.4, 0.5) is 0 Å². The molecule has 1 aromatic heterocycles. The molecule has 38 heavy (non-hydrogen) atoms. The van der Waals surface area contributed by atoms with E-state index in [2.05, 4.69) is 11.6 Å². The summed E-state index contributed by atoms with van der Waals surface area (Å²) in [6.07, 6.45) is 3.28. The summed E-state index contributed by atoms with van der Waals surface area (Å²) < 4.78 is 18.4. The van der Waals surface area contributed by atoms with Gasteiger partial charge in [-0.25, -0.2) is 9.79 Å². The molecule has 4 rings (SSSR count).